The Labute approximate surface area is 191 Å². The predicted molar refractivity (Wildman–Crippen MR) is 124 cm³/mol. The average molecular weight is 453 g/mol. The zero-order chi connectivity index (χ0) is 23.4. The second-order valence-corrected chi connectivity index (χ2v) is 8.13. The number of nitrogens with zero attached hydrogens (tertiary/aromatic N) is 4. The van der Waals surface area contributed by atoms with Crippen molar-refractivity contribution < 1.29 is 19.4 Å². The normalized spacial score (nSPS) is 16.2. The topological polar surface area (TPSA) is 136 Å². The lowest BCUT2D eigenvalue weighted by Crippen LogP contribution is -2.42. The molecule has 0 radical (unpaired) electrons. The number of pyridine rings is 1. The number of carbonyl (C=O) groups is 2. The number of β-amino-alcohol motifs (C(OH)–C–C–N with tert-alkyl or cyclic N) is 1. The third-order valence-electron chi connectivity index (χ3n) is 5.62. The van der Waals surface area contributed by atoms with Gasteiger partial charge in [-0.2, -0.15) is 0 Å². The molecule has 3 aromatic rings. The molecule has 2 aromatic heterocycles. The Morgan fingerprint density at radius 1 is 1.30 bits per heavy atom. The molecule has 4 rings (SSSR count). The summed E-state index contributed by atoms with van der Waals surface area (Å²) in [5.41, 5.74) is 8.16. The molecule has 2 amide bonds. The quantitative estimate of drug-likeness (QED) is 0.368. The number of carbonyl (C=O) groups excluding carboxylic acids is 2. The first-order valence-electron chi connectivity index (χ1n) is 11.0. The molecular weight excluding hydrogens is 424 g/mol. The van der Waals surface area contributed by atoms with E-state index in [2.05, 4.69) is 15.3 Å². The maximum Gasteiger partial charge on any atom is 0.258 e. The number of methoxy groups -OCH3 is 1. The maximum absolute atomic E-state index is 12.9. The van der Waals surface area contributed by atoms with Gasteiger partial charge in [0.25, 0.3) is 11.8 Å². The van der Waals surface area contributed by atoms with Crippen molar-refractivity contribution in [3.05, 3.63) is 47.7 Å². The number of fused-ring (bicyclic) bond motifs is 1. The minimum Gasteiger partial charge on any atom is -0.399 e. The lowest BCUT2D eigenvalue weighted by Gasteiger charge is -2.30. The van der Waals surface area contributed by atoms with Crippen molar-refractivity contribution >= 4 is 34.6 Å². The lowest BCUT2D eigenvalue weighted by molar-refractivity contribution is 0.0473. The second kappa shape index (κ2) is 9.97. The highest BCUT2D eigenvalue weighted by Crippen LogP contribution is 2.22. The number of ether oxygens (including phenoxy) is 1. The minimum atomic E-state index is -0.506. The molecule has 0 saturated carbocycles. The van der Waals surface area contributed by atoms with Crippen LogP contribution in [0.1, 0.15) is 40.0 Å². The smallest absolute Gasteiger partial charge is 0.258 e. The summed E-state index contributed by atoms with van der Waals surface area (Å²) < 4.78 is 6.96. The molecule has 10 heteroatoms. The molecule has 174 valence electrons. The van der Waals surface area contributed by atoms with Crippen LogP contribution in [0.4, 0.5) is 11.6 Å². The van der Waals surface area contributed by atoms with Gasteiger partial charge in [-0.15, -0.1) is 0 Å². The van der Waals surface area contributed by atoms with Gasteiger partial charge < -0.3 is 20.5 Å². The highest BCUT2D eigenvalue weighted by atomic mass is 16.5. The van der Waals surface area contributed by atoms with Crippen LogP contribution in [0.5, 0.6) is 0 Å². The van der Waals surface area contributed by atoms with Crippen LogP contribution < -0.4 is 11.1 Å². The van der Waals surface area contributed by atoms with E-state index in [1.165, 1.54) is 6.20 Å². The number of rotatable bonds is 7. The number of benzene rings is 1. The number of hydrogen-bond donors (Lipinski definition) is 3. The molecule has 1 aliphatic rings. The number of anilines is 2. The number of nitrogens with two attached hydrogens (primary N) is 1. The van der Waals surface area contributed by atoms with Crippen LogP contribution in [-0.2, 0) is 11.3 Å². The van der Waals surface area contributed by atoms with E-state index in [-0.39, 0.29) is 11.8 Å². The Morgan fingerprint density at radius 2 is 2.15 bits per heavy atom. The van der Waals surface area contributed by atoms with Crippen LogP contribution in [0.25, 0.3) is 11.2 Å². The Bertz CT molecular complexity index is 1160. The number of hydrogen-bond acceptors (Lipinski definition) is 7. The number of nitrogens with one attached hydrogen (secondary N) is 1. The van der Waals surface area contributed by atoms with Gasteiger partial charge in [0.2, 0.25) is 5.95 Å². The third kappa shape index (κ3) is 5.12. The highest BCUT2D eigenvalue weighted by molar-refractivity contribution is 6.04. The summed E-state index contributed by atoms with van der Waals surface area (Å²) in [6, 6.07) is 8.36. The first-order chi connectivity index (χ1) is 16.0. The van der Waals surface area contributed by atoms with Crippen LogP contribution >= 0.6 is 0 Å². The molecule has 0 spiro atoms. The van der Waals surface area contributed by atoms with E-state index in [0.29, 0.717) is 73.0 Å². The molecule has 10 nitrogen and oxygen atoms in total. The molecule has 33 heavy (non-hydrogen) atoms. The SMILES string of the molecule is COCCCn1c(NC(=O)c2cccc(N)c2)nc2cc(C(=O)N3CCCC(O)C3)cnc21. The molecule has 4 N–H and O–H groups in total. The van der Waals surface area contributed by atoms with Gasteiger partial charge in [0, 0.05) is 50.8 Å². The highest BCUT2D eigenvalue weighted by Gasteiger charge is 2.24. The van der Waals surface area contributed by atoms with Gasteiger partial charge in [-0.05, 0) is 43.5 Å². The fourth-order valence-corrected chi connectivity index (χ4v) is 3.98. The fraction of sp³-hybridized carbons (Fsp3) is 0.391. The number of imidazole rings is 1. The van der Waals surface area contributed by atoms with Crippen molar-refractivity contribution in [3.63, 3.8) is 0 Å². The summed E-state index contributed by atoms with van der Waals surface area (Å²) in [7, 11) is 1.63. The van der Waals surface area contributed by atoms with E-state index in [9.17, 15) is 14.7 Å². The molecule has 0 bridgehead atoms. The third-order valence-corrected chi connectivity index (χ3v) is 5.62. The van der Waals surface area contributed by atoms with Crippen molar-refractivity contribution in [1.82, 2.24) is 19.4 Å². The predicted octanol–water partition coefficient (Wildman–Crippen LogP) is 1.90. The van der Waals surface area contributed by atoms with E-state index in [0.717, 1.165) is 6.42 Å². The Morgan fingerprint density at radius 3 is 2.91 bits per heavy atom. The summed E-state index contributed by atoms with van der Waals surface area (Å²) in [5, 5.41) is 12.7. The monoisotopic (exact) mass is 452 g/mol. The average Bonchev–Trinajstić information content (AvgIpc) is 3.15. The minimum absolute atomic E-state index is 0.192. The van der Waals surface area contributed by atoms with Gasteiger partial charge in [0.15, 0.2) is 5.65 Å². The van der Waals surface area contributed by atoms with Crippen LogP contribution in [0, 0.1) is 0 Å². The van der Waals surface area contributed by atoms with Crippen LogP contribution in [0.3, 0.4) is 0 Å². The van der Waals surface area contributed by atoms with Gasteiger partial charge >= 0.3 is 0 Å². The number of amides is 2. The van der Waals surface area contributed by atoms with Gasteiger partial charge in [-0.1, -0.05) is 6.07 Å². The van der Waals surface area contributed by atoms with E-state index in [1.807, 2.05) is 0 Å². The number of aliphatic hydroxyl groups is 1. The van der Waals surface area contributed by atoms with Gasteiger partial charge in [-0.25, -0.2) is 9.97 Å². The van der Waals surface area contributed by atoms with Gasteiger partial charge in [0.05, 0.1) is 11.7 Å². The van der Waals surface area contributed by atoms with E-state index < -0.39 is 6.10 Å². The lowest BCUT2D eigenvalue weighted by atomic mass is 10.1. The largest absolute Gasteiger partial charge is 0.399 e. The molecule has 1 aromatic carbocycles. The number of likely N-dealkylation sites (tertiary alicyclic amines) is 1. The molecule has 1 saturated heterocycles. The summed E-state index contributed by atoms with van der Waals surface area (Å²) >= 11 is 0. The molecule has 1 atom stereocenters. The number of piperidine rings is 1. The van der Waals surface area contributed by atoms with Crippen LogP contribution in [0.15, 0.2) is 36.5 Å². The van der Waals surface area contributed by atoms with E-state index >= 15 is 0 Å². The molecule has 0 aliphatic carbocycles. The van der Waals surface area contributed by atoms with Gasteiger partial charge in [-0.3, -0.25) is 19.5 Å². The summed E-state index contributed by atoms with van der Waals surface area (Å²) in [6.07, 6.45) is 3.16. The van der Waals surface area contributed by atoms with Crippen molar-refractivity contribution in [1.29, 1.82) is 0 Å². The number of aromatic nitrogens is 3. The summed E-state index contributed by atoms with van der Waals surface area (Å²) in [4.78, 5) is 36.4. The number of nitrogen functional groups attached to an aromatic ring is 1. The maximum atomic E-state index is 12.9. The molecule has 1 fully saturated rings. The van der Waals surface area contributed by atoms with Gasteiger partial charge in [0.1, 0.15) is 5.52 Å². The van der Waals surface area contributed by atoms with E-state index in [4.69, 9.17) is 10.5 Å². The van der Waals surface area contributed by atoms with Crippen molar-refractivity contribution in [2.45, 2.75) is 31.9 Å². The van der Waals surface area contributed by atoms with Crippen LogP contribution in [-0.4, -0.2) is 69.3 Å². The number of aryl methyl sites for hydroxylation is 1. The van der Waals surface area contributed by atoms with E-state index in [1.54, 1.807) is 46.9 Å². The number of aliphatic hydroxyl groups excluding tert-OH is 1. The van der Waals surface area contributed by atoms with Crippen molar-refractivity contribution in [2.24, 2.45) is 0 Å². The first-order valence-corrected chi connectivity index (χ1v) is 11.0. The first kappa shape index (κ1) is 22.7. The molecule has 1 aliphatic heterocycles. The zero-order valence-corrected chi connectivity index (χ0v) is 18.5. The summed E-state index contributed by atoms with van der Waals surface area (Å²) in [5.74, 6) is -0.203. The molecule has 1 unspecified atom stereocenters. The molecular formula is C23H28N6O4. The Kier molecular flexibility index (Phi) is 6.85. The zero-order valence-electron chi connectivity index (χ0n) is 18.5. The fourth-order valence-electron chi connectivity index (χ4n) is 3.98. The standard InChI is InChI=1S/C23H28N6O4/c1-33-10-4-9-29-20-19(26-23(29)27-21(31)15-5-2-6-17(24)11-15)12-16(13-25-20)22(32)28-8-3-7-18(30)14-28/h2,5-6,11-13,18,30H,3-4,7-10,14,24H2,1H3,(H,26,27,31). The molecule has 3 heterocycles. The Balaban J connectivity index is 1.64. The Hall–Kier alpha value is -3.50. The van der Waals surface area contributed by atoms with Crippen LogP contribution in [0.2, 0.25) is 0 Å². The van der Waals surface area contributed by atoms with Crippen molar-refractivity contribution in [3.8, 4) is 0 Å². The second-order valence-electron chi connectivity index (χ2n) is 8.13. The van der Waals surface area contributed by atoms with Crippen molar-refractivity contribution in [2.75, 3.05) is 37.9 Å². The summed E-state index contributed by atoms with van der Waals surface area (Å²) in [6.45, 7) is 1.97.